The number of hydrogen-bond acceptors (Lipinski definition) is 2. The Hall–Kier alpha value is -1.38. The van der Waals surface area contributed by atoms with Crippen LogP contribution in [0, 0.1) is 5.82 Å². The minimum atomic E-state index is -0.186. The second-order valence-corrected chi connectivity index (χ2v) is 3.85. The molecule has 1 aliphatic rings. The molecule has 0 aliphatic carbocycles. The Kier molecular flexibility index (Phi) is 2.99. The van der Waals surface area contributed by atoms with Crippen molar-refractivity contribution in [2.24, 2.45) is 4.99 Å². The predicted octanol–water partition coefficient (Wildman–Crippen LogP) is 2.67. The van der Waals surface area contributed by atoms with Gasteiger partial charge in [0.15, 0.2) is 0 Å². The monoisotopic (exact) mass is 206 g/mol. The number of amidine groups is 1. The molecule has 80 valence electrons. The molecule has 0 bridgehead atoms. The van der Waals surface area contributed by atoms with Gasteiger partial charge in [0.2, 0.25) is 0 Å². The average Bonchev–Trinajstić information content (AvgIpc) is 2.70. The van der Waals surface area contributed by atoms with Gasteiger partial charge in [0.05, 0.1) is 5.84 Å². The molecular formula is C12H15FN2. The minimum absolute atomic E-state index is 0.123. The SMILES string of the molecule is CC(NC1=NCCC1)c1cccc(F)c1. The molecule has 0 spiro atoms. The van der Waals surface area contributed by atoms with Crippen LogP contribution in [0.15, 0.2) is 29.3 Å². The third kappa shape index (κ3) is 2.55. The van der Waals surface area contributed by atoms with Crippen LogP contribution in [0.25, 0.3) is 0 Å². The van der Waals surface area contributed by atoms with E-state index >= 15 is 0 Å². The topological polar surface area (TPSA) is 24.4 Å². The van der Waals surface area contributed by atoms with Crippen LogP contribution in [0.5, 0.6) is 0 Å². The van der Waals surface area contributed by atoms with Gasteiger partial charge in [-0.15, -0.1) is 0 Å². The maximum Gasteiger partial charge on any atom is 0.123 e. The Morgan fingerprint density at radius 2 is 2.33 bits per heavy atom. The van der Waals surface area contributed by atoms with E-state index in [0.717, 1.165) is 30.8 Å². The quantitative estimate of drug-likeness (QED) is 0.790. The molecule has 15 heavy (non-hydrogen) atoms. The number of hydrogen-bond donors (Lipinski definition) is 1. The highest BCUT2D eigenvalue weighted by Gasteiger charge is 2.11. The summed E-state index contributed by atoms with van der Waals surface area (Å²) in [6.07, 6.45) is 2.14. The van der Waals surface area contributed by atoms with Crippen molar-refractivity contribution in [2.75, 3.05) is 6.54 Å². The van der Waals surface area contributed by atoms with E-state index in [1.165, 1.54) is 6.07 Å². The Balaban J connectivity index is 2.04. The molecule has 0 aromatic heterocycles. The number of benzene rings is 1. The summed E-state index contributed by atoms with van der Waals surface area (Å²) in [4.78, 5) is 4.34. The van der Waals surface area contributed by atoms with Gasteiger partial charge in [-0.25, -0.2) is 4.39 Å². The van der Waals surface area contributed by atoms with Crippen LogP contribution < -0.4 is 5.32 Å². The molecular weight excluding hydrogens is 191 g/mol. The van der Waals surface area contributed by atoms with Crippen molar-refractivity contribution in [2.45, 2.75) is 25.8 Å². The molecule has 1 aromatic carbocycles. The van der Waals surface area contributed by atoms with Gasteiger partial charge >= 0.3 is 0 Å². The van der Waals surface area contributed by atoms with Gasteiger partial charge in [-0.2, -0.15) is 0 Å². The van der Waals surface area contributed by atoms with Crippen LogP contribution in [0.2, 0.25) is 0 Å². The molecule has 1 unspecified atom stereocenters. The fourth-order valence-corrected chi connectivity index (χ4v) is 1.77. The van der Waals surface area contributed by atoms with E-state index in [4.69, 9.17) is 0 Å². The average molecular weight is 206 g/mol. The number of halogens is 1. The first-order valence-corrected chi connectivity index (χ1v) is 5.31. The Morgan fingerprint density at radius 1 is 1.47 bits per heavy atom. The lowest BCUT2D eigenvalue weighted by Gasteiger charge is -2.15. The van der Waals surface area contributed by atoms with E-state index in [-0.39, 0.29) is 11.9 Å². The van der Waals surface area contributed by atoms with Gasteiger partial charge < -0.3 is 5.32 Å². The van der Waals surface area contributed by atoms with Gasteiger partial charge in [-0.1, -0.05) is 12.1 Å². The molecule has 2 rings (SSSR count). The minimum Gasteiger partial charge on any atom is -0.367 e. The van der Waals surface area contributed by atoms with Crippen molar-refractivity contribution in [3.8, 4) is 0 Å². The zero-order chi connectivity index (χ0) is 10.7. The van der Waals surface area contributed by atoms with Gasteiger partial charge in [-0.05, 0) is 31.0 Å². The molecule has 2 nitrogen and oxygen atoms in total. The Morgan fingerprint density at radius 3 is 3.00 bits per heavy atom. The summed E-state index contributed by atoms with van der Waals surface area (Å²) in [6, 6.07) is 6.81. The van der Waals surface area contributed by atoms with Crippen molar-refractivity contribution in [3.05, 3.63) is 35.6 Å². The van der Waals surface area contributed by atoms with Crippen LogP contribution in [0.3, 0.4) is 0 Å². The smallest absolute Gasteiger partial charge is 0.123 e. The molecule has 1 heterocycles. The summed E-state index contributed by atoms with van der Waals surface area (Å²) in [5, 5.41) is 3.31. The first kappa shape index (κ1) is 10.1. The molecule has 0 saturated carbocycles. The van der Waals surface area contributed by atoms with E-state index in [1.807, 2.05) is 13.0 Å². The van der Waals surface area contributed by atoms with E-state index in [1.54, 1.807) is 12.1 Å². The lowest BCUT2D eigenvalue weighted by atomic mass is 10.1. The molecule has 0 amide bonds. The number of nitrogens with one attached hydrogen (secondary N) is 1. The summed E-state index contributed by atoms with van der Waals surface area (Å²) in [6.45, 7) is 2.94. The first-order valence-electron chi connectivity index (χ1n) is 5.31. The summed E-state index contributed by atoms with van der Waals surface area (Å²) >= 11 is 0. The summed E-state index contributed by atoms with van der Waals surface area (Å²) < 4.78 is 13.0. The van der Waals surface area contributed by atoms with Crippen molar-refractivity contribution in [1.82, 2.24) is 5.32 Å². The standard InChI is InChI=1S/C12H15FN2/c1-9(15-12-6-3-7-14-12)10-4-2-5-11(13)8-10/h2,4-5,8-9H,3,6-7H2,1H3,(H,14,15). The molecule has 0 radical (unpaired) electrons. The van der Waals surface area contributed by atoms with Crippen molar-refractivity contribution in [3.63, 3.8) is 0 Å². The number of rotatable bonds is 2. The van der Waals surface area contributed by atoms with E-state index in [2.05, 4.69) is 10.3 Å². The summed E-state index contributed by atoms with van der Waals surface area (Å²) in [7, 11) is 0. The fourth-order valence-electron chi connectivity index (χ4n) is 1.77. The number of nitrogens with zero attached hydrogens (tertiary/aromatic N) is 1. The highest BCUT2D eigenvalue weighted by atomic mass is 19.1. The van der Waals surface area contributed by atoms with Crippen LogP contribution in [0.4, 0.5) is 4.39 Å². The van der Waals surface area contributed by atoms with Crippen molar-refractivity contribution in [1.29, 1.82) is 0 Å². The Labute approximate surface area is 89.2 Å². The lowest BCUT2D eigenvalue weighted by molar-refractivity contribution is 0.617. The first-order chi connectivity index (χ1) is 7.25. The van der Waals surface area contributed by atoms with Crippen LogP contribution in [-0.2, 0) is 0 Å². The maximum absolute atomic E-state index is 13.0. The van der Waals surface area contributed by atoms with E-state index in [0.29, 0.717) is 0 Å². The molecule has 0 fully saturated rings. The molecule has 3 heteroatoms. The molecule has 1 aromatic rings. The summed E-state index contributed by atoms with van der Waals surface area (Å²) in [5.41, 5.74) is 0.963. The molecule has 1 N–H and O–H groups in total. The normalized spacial score (nSPS) is 17.3. The zero-order valence-electron chi connectivity index (χ0n) is 8.83. The van der Waals surface area contributed by atoms with E-state index < -0.39 is 0 Å². The van der Waals surface area contributed by atoms with Gasteiger partial charge in [0.25, 0.3) is 0 Å². The molecule has 1 atom stereocenters. The maximum atomic E-state index is 13.0. The largest absolute Gasteiger partial charge is 0.367 e. The third-order valence-corrected chi connectivity index (χ3v) is 2.61. The molecule has 1 aliphatic heterocycles. The highest BCUT2D eigenvalue weighted by Crippen LogP contribution is 2.15. The molecule has 0 saturated heterocycles. The van der Waals surface area contributed by atoms with E-state index in [9.17, 15) is 4.39 Å². The van der Waals surface area contributed by atoms with Crippen LogP contribution in [0.1, 0.15) is 31.4 Å². The van der Waals surface area contributed by atoms with Crippen LogP contribution in [-0.4, -0.2) is 12.4 Å². The third-order valence-electron chi connectivity index (χ3n) is 2.61. The second-order valence-electron chi connectivity index (χ2n) is 3.85. The Bertz CT molecular complexity index is 374. The lowest BCUT2D eigenvalue weighted by Crippen LogP contribution is -2.24. The zero-order valence-corrected chi connectivity index (χ0v) is 8.83. The predicted molar refractivity (Wildman–Crippen MR) is 59.5 cm³/mol. The number of aliphatic imine (C=N–C) groups is 1. The van der Waals surface area contributed by atoms with Crippen molar-refractivity contribution >= 4 is 5.84 Å². The highest BCUT2D eigenvalue weighted by molar-refractivity contribution is 5.83. The van der Waals surface area contributed by atoms with Gasteiger partial charge in [-0.3, -0.25) is 4.99 Å². The summed E-state index contributed by atoms with van der Waals surface area (Å²) in [5.74, 6) is 0.862. The van der Waals surface area contributed by atoms with Crippen LogP contribution >= 0.6 is 0 Å². The van der Waals surface area contributed by atoms with Crippen molar-refractivity contribution < 1.29 is 4.39 Å². The fraction of sp³-hybridized carbons (Fsp3) is 0.417. The van der Waals surface area contributed by atoms with Gasteiger partial charge in [0, 0.05) is 19.0 Å². The van der Waals surface area contributed by atoms with Gasteiger partial charge in [0.1, 0.15) is 5.82 Å². The second kappa shape index (κ2) is 4.43.